The fourth-order valence-electron chi connectivity index (χ4n) is 4.50. The van der Waals surface area contributed by atoms with Crippen LogP contribution in [0.3, 0.4) is 0 Å². The maximum absolute atomic E-state index is 6.27. The van der Waals surface area contributed by atoms with E-state index in [0.29, 0.717) is 11.0 Å². The van der Waals surface area contributed by atoms with Gasteiger partial charge >= 0.3 is 0 Å². The second kappa shape index (κ2) is 6.36. The summed E-state index contributed by atoms with van der Waals surface area (Å²) < 4.78 is 0. The Labute approximate surface area is 126 Å². The molecule has 0 bridgehead atoms. The average molecular weight is 280 g/mol. The zero-order valence-corrected chi connectivity index (χ0v) is 14.3. The van der Waals surface area contributed by atoms with Gasteiger partial charge in [-0.25, -0.2) is 0 Å². The molecule has 118 valence electrons. The van der Waals surface area contributed by atoms with Crippen LogP contribution in [0.2, 0.25) is 0 Å². The highest BCUT2D eigenvalue weighted by Crippen LogP contribution is 2.44. The molecule has 1 unspecified atom stereocenters. The third-order valence-corrected chi connectivity index (χ3v) is 6.29. The van der Waals surface area contributed by atoms with Gasteiger partial charge in [0, 0.05) is 18.6 Å². The van der Waals surface area contributed by atoms with Crippen LogP contribution in [0.1, 0.15) is 72.6 Å². The Morgan fingerprint density at radius 3 is 2.30 bits per heavy atom. The van der Waals surface area contributed by atoms with Gasteiger partial charge in [0.2, 0.25) is 0 Å². The monoisotopic (exact) mass is 280 g/mol. The van der Waals surface area contributed by atoms with E-state index in [1.807, 2.05) is 0 Å². The third-order valence-electron chi connectivity index (χ3n) is 6.29. The number of hydrogen-bond donors (Lipinski definition) is 1. The van der Waals surface area contributed by atoms with E-state index in [-0.39, 0.29) is 0 Å². The van der Waals surface area contributed by atoms with Gasteiger partial charge in [0.05, 0.1) is 0 Å². The van der Waals surface area contributed by atoms with E-state index in [0.717, 1.165) is 18.4 Å². The van der Waals surface area contributed by atoms with Crippen LogP contribution in [0.4, 0.5) is 0 Å². The highest BCUT2D eigenvalue weighted by molar-refractivity contribution is 4.99. The Morgan fingerprint density at radius 2 is 1.80 bits per heavy atom. The minimum Gasteiger partial charge on any atom is -0.329 e. The SMILES string of the molecule is CCC1CCCN(C2(CN)CCC(C(C)(C)C)CC2)C1. The lowest BCUT2D eigenvalue weighted by atomic mass is 9.66. The molecule has 2 N–H and O–H groups in total. The fraction of sp³-hybridized carbons (Fsp3) is 1.00. The second-order valence-electron chi connectivity index (χ2n) is 8.43. The molecule has 0 spiro atoms. The van der Waals surface area contributed by atoms with Gasteiger partial charge in [0.15, 0.2) is 0 Å². The highest BCUT2D eigenvalue weighted by Gasteiger charge is 2.42. The molecule has 0 aromatic carbocycles. The molecule has 1 aliphatic heterocycles. The van der Waals surface area contributed by atoms with E-state index in [1.165, 1.54) is 58.0 Å². The molecule has 2 fully saturated rings. The van der Waals surface area contributed by atoms with Crippen molar-refractivity contribution >= 4 is 0 Å². The molecule has 0 aromatic heterocycles. The van der Waals surface area contributed by atoms with Crippen LogP contribution in [0.5, 0.6) is 0 Å². The Balaban J connectivity index is 2.01. The van der Waals surface area contributed by atoms with Crippen LogP contribution in [0.25, 0.3) is 0 Å². The minimum atomic E-state index is 0.329. The van der Waals surface area contributed by atoms with Crippen LogP contribution in [0, 0.1) is 17.3 Å². The number of hydrogen-bond acceptors (Lipinski definition) is 2. The molecular formula is C18H36N2. The first-order chi connectivity index (χ1) is 9.41. The van der Waals surface area contributed by atoms with Crippen molar-refractivity contribution in [1.29, 1.82) is 0 Å². The van der Waals surface area contributed by atoms with Gasteiger partial charge in [-0.1, -0.05) is 34.1 Å². The van der Waals surface area contributed by atoms with Gasteiger partial charge in [-0.3, -0.25) is 4.90 Å². The summed E-state index contributed by atoms with van der Waals surface area (Å²) in [5, 5.41) is 0. The van der Waals surface area contributed by atoms with Crippen molar-refractivity contribution in [2.75, 3.05) is 19.6 Å². The molecule has 0 amide bonds. The molecule has 1 heterocycles. The first kappa shape index (κ1) is 16.3. The van der Waals surface area contributed by atoms with E-state index >= 15 is 0 Å². The number of rotatable bonds is 3. The largest absolute Gasteiger partial charge is 0.329 e. The highest BCUT2D eigenvalue weighted by atomic mass is 15.2. The van der Waals surface area contributed by atoms with Gasteiger partial charge in [0.25, 0.3) is 0 Å². The summed E-state index contributed by atoms with van der Waals surface area (Å²) in [4.78, 5) is 2.78. The van der Waals surface area contributed by atoms with Crippen molar-refractivity contribution in [2.24, 2.45) is 23.0 Å². The number of piperidine rings is 1. The lowest BCUT2D eigenvalue weighted by Crippen LogP contribution is -2.58. The normalized spacial score (nSPS) is 37.0. The molecular weight excluding hydrogens is 244 g/mol. The van der Waals surface area contributed by atoms with Crippen molar-refractivity contribution in [3.05, 3.63) is 0 Å². The van der Waals surface area contributed by atoms with Gasteiger partial charge in [-0.05, 0) is 62.3 Å². The maximum atomic E-state index is 6.27. The number of nitrogens with zero attached hydrogens (tertiary/aromatic N) is 1. The molecule has 0 aromatic rings. The molecule has 1 saturated carbocycles. The maximum Gasteiger partial charge on any atom is 0.0332 e. The van der Waals surface area contributed by atoms with Gasteiger partial charge in [-0.15, -0.1) is 0 Å². The van der Waals surface area contributed by atoms with Crippen LogP contribution >= 0.6 is 0 Å². The van der Waals surface area contributed by atoms with E-state index in [4.69, 9.17) is 5.73 Å². The lowest BCUT2D eigenvalue weighted by Gasteiger charge is -2.52. The smallest absolute Gasteiger partial charge is 0.0332 e. The van der Waals surface area contributed by atoms with Crippen molar-refractivity contribution < 1.29 is 0 Å². The van der Waals surface area contributed by atoms with Gasteiger partial charge < -0.3 is 5.73 Å². The predicted octanol–water partition coefficient (Wildman–Crippen LogP) is 4.04. The van der Waals surface area contributed by atoms with Crippen LogP contribution in [-0.2, 0) is 0 Å². The van der Waals surface area contributed by atoms with Crippen molar-refractivity contribution in [3.63, 3.8) is 0 Å². The molecule has 0 radical (unpaired) electrons. The van der Waals surface area contributed by atoms with E-state index in [2.05, 4.69) is 32.6 Å². The standard InChI is InChI=1S/C18H36N2/c1-5-15-7-6-12-20(13-15)18(14-19)10-8-16(9-11-18)17(2,3)4/h15-16H,5-14,19H2,1-4H3. The third kappa shape index (κ3) is 3.39. The van der Waals surface area contributed by atoms with E-state index < -0.39 is 0 Å². The van der Waals surface area contributed by atoms with E-state index in [1.54, 1.807) is 0 Å². The molecule has 2 nitrogen and oxygen atoms in total. The molecule has 2 heteroatoms. The summed E-state index contributed by atoms with van der Waals surface area (Å²) in [5.74, 6) is 1.79. The summed E-state index contributed by atoms with van der Waals surface area (Å²) in [6, 6.07) is 0. The van der Waals surface area contributed by atoms with Crippen molar-refractivity contribution in [2.45, 2.75) is 78.2 Å². The first-order valence-corrected chi connectivity index (χ1v) is 8.86. The van der Waals surface area contributed by atoms with Crippen LogP contribution < -0.4 is 5.73 Å². The molecule has 2 aliphatic rings. The summed E-state index contributed by atoms with van der Waals surface area (Å²) >= 11 is 0. The Hall–Kier alpha value is -0.0800. The summed E-state index contributed by atoms with van der Waals surface area (Å²) in [5.41, 5.74) is 7.06. The summed E-state index contributed by atoms with van der Waals surface area (Å²) in [6.07, 6.45) is 9.52. The van der Waals surface area contributed by atoms with Gasteiger partial charge in [-0.2, -0.15) is 0 Å². The first-order valence-electron chi connectivity index (χ1n) is 8.86. The molecule has 2 rings (SSSR count). The van der Waals surface area contributed by atoms with Crippen molar-refractivity contribution in [1.82, 2.24) is 4.90 Å². The lowest BCUT2D eigenvalue weighted by molar-refractivity contribution is -0.00512. The Kier molecular flexibility index (Phi) is 5.18. The molecule has 20 heavy (non-hydrogen) atoms. The van der Waals surface area contributed by atoms with Crippen LogP contribution in [0.15, 0.2) is 0 Å². The van der Waals surface area contributed by atoms with Crippen molar-refractivity contribution in [3.8, 4) is 0 Å². The van der Waals surface area contributed by atoms with E-state index in [9.17, 15) is 0 Å². The topological polar surface area (TPSA) is 29.3 Å². The second-order valence-corrected chi connectivity index (χ2v) is 8.43. The average Bonchev–Trinajstić information content (AvgIpc) is 2.46. The number of nitrogens with two attached hydrogens (primary N) is 1. The summed E-state index contributed by atoms with van der Waals surface area (Å²) in [6.45, 7) is 13.0. The molecule has 1 atom stereocenters. The quantitative estimate of drug-likeness (QED) is 0.845. The zero-order valence-electron chi connectivity index (χ0n) is 14.3. The molecule has 1 saturated heterocycles. The van der Waals surface area contributed by atoms with Crippen LogP contribution in [-0.4, -0.2) is 30.1 Å². The zero-order chi connectivity index (χ0) is 14.8. The molecule has 1 aliphatic carbocycles. The summed E-state index contributed by atoms with van der Waals surface area (Å²) in [7, 11) is 0. The predicted molar refractivity (Wildman–Crippen MR) is 87.8 cm³/mol. The van der Waals surface area contributed by atoms with Gasteiger partial charge in [0.1, 0.15) is 0 Å². The Bertz CT molecular complexity index is 297. The Morgan fingerprint density at radius 1 is 1.15 bits per heavy atom. The number of likely N-dealkylation sites (tertiary alicyclic amines) is 1. The minimum absolute atomic E-state index is 0.329. The fourth-order valence-corrected chi connectivity index (χ4v) is 4.50.